The van der Waals surface area contributed by atoms with Crippen LogP contribution in [0.25, 0.3) is 0 Å². The second-order valence-corrected chi connectivity index (χ2v) is 13.6. The summed E-state index contributed by atoms with van der Waals surface area (Å²) in [6.45, 7) is 2.17. The lowest BCUT2D eigenvalue weighted by Gasteiger charge is -2.38. The number of unbranched alkanes of at least 4 members (excludes halogenated alkanes) is 4. The summed E-state index contributed by atoms with van der Waals surface area (Å²) in [4.78, 5) is 0. The second-order valence-electron chi connectivity index (χ2n) is 13.6. The summed E-state index contributed by atoms with van der Waals surface area (Å²) < 4.78 is 12.3. The molecule has 0 aromatic heterocycles. The third kappa shape index (κ3) is 9.69. The number of rotatable bonds is 14. The lowest BCUT2D eigenvalue weighted by atomic mass is 9.67. The monoisotopic (exact) mass is 510 g/mol. The molecule has 0 radical (unpaired) electrons. The zero-order valence-electron chi connectivity index (χ0n) is 24.4. The third-order valence-corrected chi connectivity index (χ3v) is 11.0. The minimum absolute atomic E-state index is 0.120. The molecule has 3 aliphatic carbocycles. The molecule has 0 bridgehead atoms. The van der Waals surface area contributed by atoms with Gasteiger partial charge in [0.05, 0.1) is 6.67 Å². The fourth-order valence-electron chi connectivity index (χ4n) is 8.39. The van der Waals surface area contributed by atoms with E-state index < -0.39 is 0 Å². The molecule has 210 valence electrons. The molecule has 1 heteroatoms. The van der Waals surface area contributed by atoms with Crippen LogP contribution < -0.4 is 0 Å². The SMILES string of the molecule is CCCCCc1ccc([C@H]2CC[C@H](CCC3CCC([C@H]4CC[C@H](CCCCCF)CC4)CC3)CC2)cc1. The number of hydrogen-bond donors (Lipinski definition) is 0. The third-order valence-electron chi connectivity index (χ3n) is 11.0. The van der Waals surface area contributed by atoms with Crippen LogP contribution in [0, 0.1) is 29.6 Å². The zero-order chi connectivity index (χ0) is 25.7. The summed E-state index contributed by atoms with van der Waals surface area (Å²) in [6, 6.07) is 9.73. The van der Waals surface area contributed by atoms with Crippen molar-refractivity contribution in [3.8, 4) is 0 Å². The van der Waals surface area contributed by atoms with Gasteiger partial charge in [-0.05, 0) is 117 Å². The quantitative estimate of drug-likeness (QED) is 0.218. The Bertz CT molecular complexity index is 699. The molecule has 0 unspecified atom stereocenters. The Kier molecular flexibility index (Phi) is 12.8. The summed E-state index contributed by atoms with van der Waals surface area (Å²) in [5, 5.41) is 0. The standard InChI is InChI=1S/C36H59F/c1-2-3-5-8-29-12-20-33(21-13-29)35-24-16-31(17-25-35)10-11-32-18-26-36(27-19-32)34-22-14-30(15-23-34)9-6-4-7-28-37/h12-13,20-21,30-32,34-36H,2-11,14-19,22-28H2,1H3/t30-,31-,32?,34-,35-,36?. The molecule has 3 fully saturated rings. The Morgan fingerprint density at radius 2 is 1.11 bits per heavy atom. The van der Waals surface area contributed by atoms with E-state index in [1.807, 2.05) is 0 Å². The number of alkyl halides is 1. The van der Waals surface area contributed by atoms with Gasteiger partial charge in [-0.3, -0.25) is 4.39 Å². The molecule has 0 spiro atoms. The highest BCUT2D eigenvalue weighted by Gasteiger charge is 2.31. The topological polar surface area (TPSA) is 0 Å². The molecule has 3 saturated carbocycles. The van der Waals surface area contributed by atoms with E-state index in [1.165, 1.54) is 134 Å². The van der Waals surface area contributed by atoms with Gasteiger partial charge in [-0.25, -0.2) is 0 Å². The van der Waals surface area contributed by atoms with E-state index in [4.69, 9.17) is 0 Å². The lowest BCUT2D eigenvalue weighted by Crippen LogP contribution is -2.26. The van der Waals surface area contributed by atoms with Crippen molar-refractivity contribution in [3.63, 3.8) is 0 Å². The molecule has 0 saturated heterocycles. The molecule has 1 aromatic carbocycles. The molecule has 0 aliphatic heterocycles. The van der Waals surface area contributed by atoms with Crippen molar-refractivity contribution in [2.45, 2.75) is 154 Å². The van der Waals surface area contributed by atoms with E-state index >= 15 is 0 Å². The van der Waals surface area contributed by atoms with Crippen LogP contribution in [0.2, 0.25) is 0 Å². The normalized spacial score (nSPS) is 30.9. The Morgan fingerprint density at radius 1 is 0.568 bits per heavy atom. The number of hydrogen-bond acceptors (Lipinski definition) is 0. The van der Waals surface area contributed by atoms with Gasteiger partial charge >= 0.3 is 0 Å². The van der Waals surface area contributed by atoms with Crippen molar-refractivity contribution < 1.29 is 4.39 Å². The van der Waals surface area contributed by atoms with Gasteiger partial charge in [0.15, 0.2) is 0 Å². The van der Waals surface area contributed by atoms with Crippen LogP contribution in [0.3, 0.4) is 0 Å². The van der Waals surface area contributed by atoms with Crippen molar-refractivity contribution in [3.05, 3.63) is 35.4 Å². The van der Waals surface area contributed by atoms with E-state index in [-0.39, 0.29) is 6.67 Å². The van der Waals surface area contributed by atoms with Gasteiger partial charge in [0.2, 0.25) is 0 Å². The zero-order valence-corrected chi connectivity index (χ0v) is 24.4. The molecule has 1 aromatic rings. The highest BCUT2D eigenvalue weighted by atomic mass is 19.1. The number of aryl methyl sites for hydroxylation is 1. The van der Waals surface area contributed by atoms with Crippen LogP contribution in [0.5, 0.6) is 0 Å². The van der Waals surface area contributed by atoms with E-state index in [0.717, 1.165) is 48.3 Å². The van der Waals surface area contributed by atoms with E-state index in [9.17, 15) is 4.39 Å². The first-order valence-electron chi connectivity index (χ1n) is 16.9. The Labute approximate surface area is 230 Å². The molecule has 0 heterocycles. The fraction of sp³-hybridized carbons (Fsp3) is 0.833. The molecule has 0 atom stereocenters. The van der Waals surface area contributed by atoms with Gasteiger partial charge < -0.3 is 0 Å². The predicted molar refractivity (Wildman–Crippen MR) is 159 cm³/mol. The van der Waals surface area contributed by atoms with Gasteiger partial charge in [-0.1, -0.05) is 102 Å². The van der Waals surface area contributed by atoms with E-state index in [2.05, 4.69) is 31.2 Å². The predicted octanol–water partition coefficient (Wildman–Crippen LogP) is 11.6. The van der Waals surface area contributed by atoms with Crippen LogP contribution in [0.4, 0.5) is 4.39 Å². The smallest absolute Gasteiger partial charge is 0.0894 e. The fourth-order valence-corrected chi connectivity index (χ4v) is 8.39. The first kappa shape index (κ1) is 29.1. The highest BCUT2D eigenvalue weighted by molar-refractivity contribution is 5.26. The van der Waals surface area contributed by atoms with Crippen LogP contribution in [0.15, 0.2) is 24.3 Å². The minimum Gasteiger partial charge on any atom is -0.251 e. The summed E-state index contributed by atoms with van der Waals surface area (Å²) in [5.41, 5.74) is 3.15. The molecule has 0 amide bonds. The maximum absolute atomic E-state index is 12.3. The molecular weight excluding hydrogens is 451 g/mol. The molecule has 37 heavy (non-hydrogen) atoms. The van der Waals surface area contributed by atoms with Crippen LogP contribution in [-0.4, -0.2) is 6.67 Å². The Morgan fingerprint density at radius 3 is 1.65 bits per heavy atom. The molecule has 0 N–H and O–H groups in total. The second kappa shape index (κ2) is 16.3. The van der Waals surface area contributed by atoms with Gasteiger partial charge in [0.1, 0.15) is 0 Å². The summed E-state index contributed by atoms with van der Waals surface area (Å²) in [7, 11) is 0. The molecule has 3 aliphatic rings. The maximum atomic E-state index is 12.3. The van der Waals surface area contributed by atoms with Crippen molar-refractivity contribution in [1.82, 2.24) is 0 Å². The minimum atomic E-state index is -0.120. The van der Waals surface area contributed by atoms with Crippen LogP contribution >= 0.6 is 0 Å². The Hall–Kier alpha value is -0.850. The number of benzene rings is 1. The highest BCUT2D eigenvalue weighted by Crippen LogP contribution is 2.44. The van der Waals surface area contributed by atoms with Gasteiger partial charge in [-0.2, -0.15) is 0 Å². The average molecular weight is 511 g/mol. The van der Waals surface area contributed by atoms with Crippen molar-refractivity contribution >= 4 is 0 Å². The van der Waals surface area contributed by atoms with Crippen molar-refractivity contribution in [2.24, 2.45) is 29.6 Å². The summed E-state index contributed by atoms with van der Waals surface area (Å²) in [6.07, 6.45) is 30.6. The maximum Gasteiger partial charge on any atom is 0.0894 e. The summed E-state index contributed by atoms with van der Waals surface area (Å²) in [5.74, 6) is 5.88. The largest absolute Gasteiger partial charge is 0.251 e. The van der Waals surface area contributed by atoms with Gasteiger partial charge in [0.25, 0.3) is 0 Å². The molecule has 4 rings (SSSR count). The van der Waals surface area contributed by atoms with Crippen LogP contribution in [-0.2, 0) is 6.42 Å². The summed E-state index contributed by atoms with van der Waals surface area (Å²) >= 11 is 0. The van der Waals surface area contributed by atoms with Crippen molar-refractivity contribution in [1.29, 1.82) is 0 Å². The van der Waals surface area contributed by atoms with Gasteiger partial charge in [0, 0.05) is 0 Å². The Balaban J connectivity index is 1.06. The van der Waals surface area contributed by atoms with Crippen LogP contribution in [0.1, 0.15) is 159 Å². The molecular formula is C36H59F. The van der Waals surface area contributed by atoms with E-state index in [0.29, 0.717) is 0 Å². The molecule has 0 nitrogen and oxygen atoms in total. The first-order chi connectivity index (χ1) is 18.2. The first-order valence-corrected chi connectivity index (χ1v) is 16.9. The van der Waals surface area contributed by atoms with Gasteiger partial charge in [-0.15, -0.1) is 0 Å². The average Bonchev–Trinajstić information content (AvgIpc) is 2.96. The van der Waals surface area contributed by atoms with Crippen molar-refractivity contribution in [2.75, 3.05) is 6.67 Å². The number of halogens is 1. The van der Waals surface area contributed by atoms with E-state index in [1.54, 1.807) is 5.56 Å². The lowest BCUT2D eigenvalue weighted by molar-refractivity contribution is 0.136.